The minimum atomic E-state index is 0.330. The van der Waals surface area contributed by atoms with Crippen molar-refractivity contribution in [2.24, 2.45) is 0 Å². The maximum atomic E-state index is 3.70. The van der Waals surface area contributed by atoms with E-state index in [-0.39, 0.29) is 0 Å². The summed E-state index contributed by atoms with van der Waals surface area (Å²) in [5.41, 5.74) is 0.330. The molecule has 0 aromatic rings. The van der Waals surface area contributed by atoms with E-state index in [1.165, 1.54) is 77.8 Å². The topological polar surface area (TPSA) is 18.5 Å². The largest absolute Gasteiger partial charge is 0.315 e. The molecule has 2 fully saturated rings. The molecular weight excluding hydrogens is 246 g/mol. The Bertz CT molecular complexity index is 266. The Kier molecular flexibility index (Phi) is 6.31. The molecule has 3 heteroatoms. The van der Waals surface area contributed by atoms with E-state index in [0.29, 0.717) is 5.54 Å². The third-order valence-corrected chi connectivity index (χ3v) is 4.90. The van der Waals surface area contributed by atoms with Crippen molar-refractivity contribution in [3.63, 3.8) is 0 Å². The summed E-state index contributed by atoms with van der Waals surface area (Å²) in [5.74, 6) is 0. The van der Waals surface area contributed by atoms with Crippen LogP contribution < -0.4 is 5.32 Å². The van der Waals surface area contributed by atoms with Crippen LogP contribution in [0, 0.1) is 0 Å². The number of nitrogens with one attached hydrogen (secondary N) is 1. The highest BCUT2D eigenvalue weighted by Crippen LogP contribution is 2.25. The Labute approximate surface area is 126 Å². The molecule has 2 rings (SSSR count). The van der Waals surface area contributed by atoms with Crippen LogP contribution in [0.3, 0.4) is 0 Å². The summed E-state index contributed by atoms with van der Waals surface area (Å²) in [6.07, 6.45) is 8.32. The van der Waals surface area contributed by atoms with Crippen LogP contribution in [0.4, 0.5) is 0 Å². The number of hydrogen-bond acceptors (Lipinski definition) is 3. The van der Waals surface area contributed by atoms with Gasteiger partial charge in [0, 0.05) is 18.1 Å². The second-order valence-electron chi connectivity index (χ2n) is 7.62. The highest BCUT2D eigenvalue weighted by atomic mass is 15.2. The number of likely N-dealkylation sites (tertiary alicyclic amines) is 2. The van der Waals surface area contributed by atoms with Gasteiger partial charge in [0.15, 0.2) is 0 Å². The van der Waals surface area contributed by atoms with E-state index >= 15 is 0 Å². The molecule has 0 saturated carbocycles. The molecule has 2 saturated heterocycles. The third-order valence-electron chi connectivity index (χ3n) is 4.90. The van der Waals surface area contributed by atoms with Crippen LogP contribution in [-0.4, -0.2) is 60.6 Å². The Morgan fingerprint density at radius 3 is 2.45 bits per heavy atom. The molecular formula is C17H35N3. The van der Waals surface area contributed by atoms with E-state index in [1.807, 2.05) is 0 Å². The lowest BCUT2D eigenvalue weighted by Gasteiger charge is -2.37. The first-order valence-electron chi connectivity index (χ1n) is 8.77. The fourth-order valence-electron chi connectivity index (χ4n) is 3.81. The van der Waals surface area contributed by atoms with E-state index in [1.54, 1.807) is 0 Å². The molecule has 0 radical (unpaired) electrons. The molecule has 1 atom stereocenters. The number of hydrogen-bond donors (Lipinski definition) is 1. The first-order chi connectivity index (χ1) is 9.57. The summed E-state index contributed by atoms with van der Waals surface area (Å²) in [6.45, 7) is 14.7. The minimum Gasteiger partial charge on any atom is -0.315 e. The van der Waals surface area contributed by atoms with E-state index < -0.39 is 0 Å². The average molecular weight is 281 g/mol. The molecule has 2 aliphatic rings. The summed E-state index contributed by atoms with van der Waals surface area (Å²) < 4.78 is 0. The summed E-state index contributed by atoms with van der Waals surface area (Å²) in [4.78, 5) is 5.33. The van der Waals surface area contributed by atoms with Crippen molar-refractivity contribution in [2.75, 3.05) is 39.3 Å². The summed E-state index contributed by atoms with van der Waals surface area (Å²) in [6, 6.07) is 0.755. The van der Waals surface area contributed by atoms with Gasteiger partial charge < -0.3 is 10.2 Å². The van der Waals surface area contributed by atoms with Crippen molar-refractivity contribution in [3.05, 3.63) is 0 Å². The first-order valence-corrected chi connectivity index (χ1v) is 8.77. The number of rotatable bonds is 6. The van der Waals surface area contributed by atoms with Gasteiger partial charge in [0.1, 0.15) is 0 Å². The van der Waals surface area contributed by atoms with Crippen molar-refractivity contribution in [1.29, 1.82) is 0 Å². The van der Waals surface area contributed by atoms with Gasteiger partial charge in [-0.3, -0.25) is 4.90 Å². The highest BCUT2D eigenvalue weighted by Gasteiger charge is 2.32. The fraction of sp³-hybridized carbons (Fsp3) is 1.00. The summed E-state index contributed by atoms with van der Waals surface area (Å²) >= 11 is 0. The SMILES string of the molecule is CC(C)(C)N1CCCC1CNCCCN1CCCCC1. The van der Waals surface area contributed by atoms with Crippen molar-refractivity contribution in [1.82, 2.24) is 15.1 Å². The quantitative estimate of drug-likeness (QED) is 0.755. The van der Waals surface area contributed by atoms with Gasteiger partial charge in [-0.05, 0) is 85.6 Å². The molecule has 2 aliphatic heterocycles. The molecule has 0 aromatic carbocycles. The van der Waals surface area contributed by atoms with E-state index in [0.717, 1.165) is 6.04 Å². The molecule has 2 heterocycles. The Balaban J connectivity index is 1.56. The predicted octanol–water partition coefficient (Wildman–Crippen LogP) is 2.71. The van der Waals surface area contributed by atoms with Crippen LogP contribution in [0.25, 0.3) is 0 Å². The van der Waals surface area contributed by atoms with Gasteiger partial charge >= 0.3 is 0 Å². The molecule has 20 heavy (non-hydrogen) atoms. The van der Waals surface area contributed by atoms with Gasteiger partial charge in [0.25, 0.3) is 0 Å². The van der Waals surface area contributed by atoms with Crippen molar-refractivity contribution < 1.29 is 0 Å². The molecule has 0 aliphatic carbocycles. The summed E-state index contributed by atoms with van der Waals surface area (Å²) in [5, 5.41) is 3.70. The van der Waals surface area contributed by atoms with Gasteiger partial charge in [-0.1, -0.05) is 6.42 Å². The Morgan fingerprint density at radius 1 is 1.00 bits per heavy atom. The molecule has 118 valence electrons. The normalized spacial score (nSPS) is 26.2. The van der Waals surface area contributed by atoms with E-state index in [4.69, 9.17) is 0 Å². The number of nitrogens with zero attached hydrogens (tertiary/aromatic N) is 2. The molecule has 3 nitrogen and oxygen atoms in total. The highest BCUT2D eigenvalue weighted by molar-refractivity contribution is 4.89. The molecule has 1 unspecified atom stereocenters. The second-order valence-corrected chi connectivity index (χ2v) is 7.62. The zero-order chi connectivity index (χ0) is 14.4. The Morgan fingerprint density at radius 2 is 1.75 bits per heavy atom. The van der Waals surface area contributed by atoms with Crippen LogP contribution in [0.2, 0.25) is 0 Å². The smallest absolute Gasteiger partial charge is 0.0226 e. The van der Waals surface area contributed by atoms with Gasteiger partial charge in [-0.15, -0.1) is 0 Å². The molecule has 0 bridgehead atoms. The minimum absolute atomic E-state index is 0.330. The molecule has 0 spiro atoms. The Hall–Kier alpha value is -0.120. The zero-order valence-electron chi connectivity index (χ0n) is 14.0. The molecule has 0 amide bonds. The van der Waals surface area contributed by atoms with Crippen LogP contribution in [-0.2, 0) is 0 Å². The third kappa shape index (κ3) is 5.01. The van der Waals surface area contributed by atoms with Crippen LogP contribution >= 0.6 is 0 Å². The van der Waals surface area contributed by atoms with Gasteiger partial charge in [0.05, 0.1) is 0 Å². The standard InChI is InChI=1S/C17H35N3/c1-17(2,3)20-14-7-9-16(20)15-18-10-8-13-19-11-5-4-6-12-19/h16,18H,4-15H2,1-3H3. The first kappa shape index (κ1) is 16.3. The van der Waals surface area contributed by atoms with Crippen molar-refractivity contribution in [2.45, 2.75) is 70.9 Å². The van der Waals surface area contributed by atoms with Gasteiger partial charge in [-0.2, -0.15) is 0 Å². The lowest BCUT2D eigenvalue weighted by atomic mass is 10.0. The second kappa shape index (κ2) is 7.77. The van der Waals surface area contributed by atoms with Crippen molar-refractivity contribution in [3.8, 4) is 0 Å². The number of piperidine rings is 1. The van der Waals surface area contributed by atoms with E-state index in [9.17, 15) is 0 Å². The monoisotopic (exact) mass is 281 g/mol. The predicted molar refractivity (Wildman–Crippen MR) is 87.3 cm³/mol. The van der Waals surface area contributed by atoms with Gasteiger partial charge in [0.2, 0.25) is 0 Å². The molecule has 0 aromatic heterocycles. The summed E-state index contributed by atoms with van der Waals surface area (Å²) in [7, 11) is 0. The van der Waals surface area contributed by atoms with Crippen LogP contribution in [0.1, 0.15) is 59.3 Å². The maximum Gasteiger partial charge on any atom is 0.0226 e. The van der Waals surface area contributed by atoms with Crippen molar-refractivity contribution >= 4 is 0 Å². The lowest BCUT2D eigenvalue weighted by Crippen LogP contribution is -2.48. The lowest BCUT2D eigenvalue weighted by molar-refractivity contribution is 0.120. The van der Waals surface area contributed by atoms with Crippen LogP contribution in [0.5, 0.6) is 0 Å². The molecule has 1 N–H and O–H groups in total. The average Bonchev–Trinajstić information content (AvgIpc) is 2.88. The van der Waals surface area contributed by atoms with Crippen LogP contribution in [0.15, 0.2) is 0 Å². The maximum absolute atomic E-state index is 3.70. The zero-order valence-corrected chi connectivity index (χ0v) is 14.0. The fourth-order valence-corrected chi connectivity index (χ4v) is 3.81. The van der Waals surface area contributed by atoms with E-state index in [2.05, 4.69) is 35.9 Å². The van der Waals surface area contributed by atoms with Gasteiger partial charge in [-0.25, -0.2) is 0 Å².